The van der Waals surface area contributed by atoms with Crippen LogP contribution in [0.1, 0.15) is 10.4 Å². The number of nitrogens with one attached hydrogen (secondary N) is 1. The van der Waals surface area contributed by atoms with Gasteiger partial charge in [-0.05, 0) is 121 Å². The number of nitrogens with zero attached hydrogens (tertiary/aromatic N) is 4. The number of hydrogen-bond acceptors (Lipinski definition) is 20. The molecule has 0 spiro atoms. The van der Waals surface area contributed by atoms with E-state index in [9.17, 15) is 66.9 Å². The van der Waals surface area contributed by atoms with Crippen LogP contribution in [0.15, 0.2) is 171 Å². The summed E-state index contributed by atoms with van der Waals surface area (Å²) in [6, 6.07) is 25.7. The fourth-order valence-corrected chi connectivity index (χ4v) is 9.25. The number of azo groups is 2. The Labute approximate surface area is 480 Å². The molecule has 0 radical (unpaired) electrons. The molecule has 0 saturated heterocycles. The third-order valence-corrected chi connectivity index (χ3v) is 13.4. The third-order valence-electron chi connectivity index (χ3n) is 9.00. The predicted octanol–water partition coefficient (Wildman–Crippen LogP) is -4.73. The zero-order chi connectivity index (χ0) is 46.4. The van der Waals surface area contributed by atoms with Crippen LogP contribution < -0.4 is 124 Å². The molecule has 7 rings (SSSR count). The van der Waals surface area contributed by atoms with Crippen molar-refractivity contribution in [1.29, 1.82) is 0 Å². The normalized spacial score (nSPS) is 11.9. The van der Waals surface area contributed by atoms with Gasteiger partial charge in [-0.2, -0.15) is 10.2 Å². The molecule has 328 valence electrons. The fraction of sp³-hybridized carbons (Fsp3) is 0. The van der Waals surface area contributed by atoms with Gasteiger partial charge in [-0.15, -0.1) is 10.2 Å². The van der Waals surface area contributed by atoms with E-state index >= 15 is 0 Å². The minimum Gasteiger partial charge on any atom is -0.744 e. The maximum absolute atomic E-state index is 13.0. The molecule has 0 aliphatic rings. The summed E-state index contributed by atoms with van der Waals surface area (Å²) in [6.07, 6.45) is 0. The van der Waals surface area contributed by atoms with E-state index in [2.05, 4.69) is 25.8 Å². The van der Waals surface area contributed by atoms with Gasteiger partial charge in [0.25, 0.3) is 5.91 Å². The number of amides is 1. The van der Waals surface area contributed by atoms with Crippen LogP contribution >= 0.6 is 11.8 Å². The van der Waals surface area contributed by atoms with Gasteiger partial charge in [0, 0.05) is 37.2 Å². The van der Waals surface area contributed by atoms with Gasteiger partial charge in [-0.3, -0.25) is 4.79 Å². The van der Waals surface area contributed by atoms with Gasteiger partial charge >= 0.3 is 118 Å². The Morgan fingerprint density at radius 3 is 1.51 bits per heavy atom. The summed E-state index contributed by atoms with van der Waals surface area (Å²) in [7, 11) is -20.7. The van der Waals surface area contributed by atoms with Crippen LogP contribution in [-0.4, -0.2) is 68.0 Å². The molecule has 0 aliphatic heterocycles. The van der Waals surface area contributed by atoms with E-state index in [0.29, 0.717) is 11.8 Å². The Balaban J connectivity index is 0.00000306. The molecule has 29 heteroatoms. The van der Waals surface area contributed by atoms with Crippen LogP contribution in [0, 0.1) is 0 Å². The average Bonchev–Trinajstić information content (AvgIpc) is 3.22. The van der Waals surface area contributed by atoms with Crippen molar-refractivity contribution in [1.82, 2.24) is 0 Å². The summed E-state index contributed by atoms with van der Waals surface area (Å²) in [5, 5.41) is 38.8. The third kappa shape index (κ3) is 14.3. The minimum absolute atomic E-state index is 0. The smallest absolute Gasteiger partial charge is 0.744 e. The van der Waals surface area contributed by atoms with Gasteiger partial charge in [0.2, 0.25) is 0 Å². The van der Waals surface area contributed by atoms with Crippen LogP contribution in [0.25, 0.3) is 21.5 Å². The number of carbonyl (C=O) groups excluding carboxylic acids is 1. The molecule has 20 nitrogen and oxygen atoms in total. The fourth-order valence-electron chi connectivity index (χ4n) is 6.00. The first-order chi connectivity index (χ1) is 30.0. The van der Waals surface area contributed by atoms with E-state index in [0.717, 1.165) is 52.3 Å². The Morgan fingerprint density at radius 1 is 0.485 bits per heavy atom. The van der Waals surface area contributed by atoms with Crippen molar-refractivity contribution >= 4 is 108 Å². The average molecular weight is 1050 g/mol. The first-order valence-corrected chi connectivity index (χ1v) is 24.0. The Morgan fingerprint density at radius 2 is 0.985 bits per heavy atom. The molecule has 0 heterocycles. The van der Waals surface area contributed by atoms with Gasteiger partial charge in [-0.25, -0.2) is 33.7 Å². The summed E-state index contributed by atoms with van der Waals surface area (Å²) in [4.78, 5) is 10.7. The summed E-state index contributed by atoms with van der Waals surface area (Å²) in [5.74, 6) is -2.09. The largest absolute Gasteiger partial charge is 1.00 e. The second-order valence-electron chi connectivity index (χ2n) is 13.2. The van der Waals surface area contributed by atoms with Gasteiger partial charge in [-0.1, -0.05) is 17.8 Å². The van der Waals surface area contributed by atoms with Crippen LogP contribution in [0.2, 0.25) is 0 Å². The molecule has 68 heavy (non-hydrogen) atoms. The summed E-state index contributed by atoms with van der Waals surface area (Å²) in [5.41, 5.74) is 0.144. The van der Waals surface area contributed by atoms with Crippen molar-refractivity contribution in [2.75, 3.05) is 5.32 Å². The molecule has 7 aromatic rings. The van der Waals surface area contributed by atoms with Gasteiger partial charge < -0.3 is 33.7 Å². The second-order valence-corrected chi connectivity index (χ2v) is 19.8. The maximum atomic E-state index is 13.0. The quantitative estimate of drug-likeness (QED) is 0.0588. The number of phenols is 2. The molecule has 0 aromatic heterocycles. The first kappa shape index (κ1) is 59.6. The van der Waals surface area contributed by atoms with Crippen LogP contribution in [-0.2, 0) is 40.5 Å². The molecular weight excluding hydrogens is 1030 g/mol. The van der Waals surface area contributed by atoms with Crippen molar-refractivity contribution in [2.24, 2.45) is 20.5 Å². The summed E-state index contributed by atoms with van der Waals surface area (Å²) < 4.78 is 141. The molecule has 0 saturated carbocycles. The second kappa shape index (κ2) is 23.7. The van der Waals surface area contributed by atoms with E-state index in [1.54, 1.807) is 48.5 Å². The van der Waals surface area contributed by atoms with Crippen LogP contribution in [0.5, 0.6) is 11.5 Å². The topological polar surface area (TPSA) is 348 Å². The molecule has 0 atom stereocenters. The van der Waals surface area contributed by atoms with E-state index < -0.39 is 88.8 Å². The molecule has 7 aromatic carbocycles. The monoisotopic (exact) mass is 1050 g/mol. The summed E-state index contributed by atoms with van der Waals surface area (Å²) in [6.45, 7) is 0. The van der Waals surface area contributed by atoms with Crippen LogP contribution in [0.3, 0.4) is 0 Å². The van der Waals surface area contributed by atoms with Gasteiger partial charge in [0.15, 0.2) is 5.75 Å². The number of rotatable bonds is 12. The molecule has 0 unspecified atom stereocenters. The molecule has 0 aliphatic carbocycles. The molecule has 0 bridgehead atoms. The van der Waals surface area contributed by atoms with Crippen molar-refractivity contribution in [3.05, 3.63) is 127 Å². The van der Waals surface area contributed by atoms with E-state index in [1.165, 1.54) is 36.0 Å². The number of fused-ring (bicyclic) bond motifs is 2. The first-order valence-electron chi connectivity index (χ1n) is 17.5. The summed E-state index contributed by atoms with van der Waals surface area (Å²) >= 11 is 1.34. The van der Waals surface area contributed by atoms with Crippen molar-refractivity contribution in [3.63, 3.8) is 0 Å². The number of anilines is 1. The van der Waals surface area contributed by atoms with Crippen molar-refractivity contribution in [2.45, 2.75) is 29.4 Å². The number of benzene rings is 7. The Bertz CT molecular complexity index is 3590. The maximum Gasteiger partial charge on any atom is 1.00 e. The molecule has 3 N–H and O–H groups in total. The number of hydrogen-bond donors (Lipinski definition) is 3. The van der Waals surface area contributed by atoms with Crippen LogP contribution in [0.4, 0.5) is 28.4 Å². The molecule has 0 fully saturated rings. The Hall–Kier alpha value is -2.68. The predicted molar refractivity (Wildman–Crippen MR) is 223 cm³/mol. The Kier molecular flexibility index (Phi) is 20.8. The molecular formula is C39H23N5Na4O15S5. The van der Waals surface area contributed by atoms with Gasteiger partial charge in [0.05, 0.1) is 31.0 Å². The standard InChI is InChI=1S/C39H27N5O15S5.4Na/c45-33-16-15-31-32(19-29(62(51,52)53)20-34(31)63(54,55)56)36(33)43-41-24-3-1-21(2-4-24)39(47)40-23-5-9-26(10-6-23)60-27-11-7-25(8-12-27)42-44-37-30-14-13-28(61(48,49)50)17-22(30)18-35(38(37)46)64(57,58)59;;;;/h1-20,45-46H,(H,40,47)(H,48,49,50)(H,51,52,53)(H,54,55,56)(H,57,58,59);;;;/q;4*+1/p-4. The van der Waals surface area contributed by atoms with E-state index in [1.807, 2.05) is 0 Å². The molecule has 1 amide bonds. The number of phenolic OH excluding ortho intramolecular Hbond substituents is 2. The minimum atomic E-state index is -5.27. The zero-order valence-corrected chi connectivity index (χ0v) is 47.7. The van der Waals surface area contributed by atoms with E-state index in [4.69, 9.17) is 0 Å². The van der Waals surface area contributed by atoms with Crippen molar-refractivity contribution in [3.8, 4) is 11.5 Å². The zero-order valence-electron chi connectivity index (χ0n) is 35.6. The van der Waals surface area contributed by atoms with E-state index in [-0.39, 0.29) is 157 Å². The van der Waals surface area contributed by atoms with Gasteiger partial charge in [0.1, 0.15) is 57.6 Å². The number of carbonyl (C=O) groups is 1. The number of aromatic hydroxyl groups is 2. The SMILES string of the molecule is O=C(Nc1ccc(Sc2ccc(N=Nc3c(O)c(S(=O)(=O)[O-])cc4cc(S(=O)(=O)[O-])ccc34)cc2)cc1)c1ccc(N=Nc2c(O)ccc3c(S(=O)(=O)[O-])cc(S(=O)(=O)[O-])cc23)cc1.[Na+].[Na+].[Na+].[Na+]. The van der Waals surface area contributed by atoms with Crippen molar-refractivity contribution < 1.29 is 185 Å².